The van der Waals surface area contributed by atoms with Gasteiger partial charge in [0, 0.05) is 36.6 Å². The number of ether oxygens (including phenoxy) is 2. The molecule has 0 radical (unpaired) electrons. The number of aromatic nitrogens is 6. The van der Waals surface area contributed by atoms with Crippen molar-refractivity contribution in [3.05, 3.63) is 78.6 Å². The summed E-state index contributed by atoms with van der Waals surface area (Å²) in [7, 11) is 0. The van der Waals surface area contributed by atoms with Crippen LogP contribution in [0.3, 0.4) is 0 Å². The molecule has 0 unspecified atom stereocenters. The van der Waals surface area contributed by atoms with Gasteiger partial charge in [-0.05, 0) is 31.2 Å². The molecule has 0 N–H and O–H groups in total. The third kappa shape index (κ3) is 4.05. The van der Waals surface area contributed by atoms with Gasteiger partial charge in [0.1, 0.15) is 5.75 Å². The molecule has 5 aromatic rings. The van der Waals surface area contributed by atoms with E-state index in [0.717, 1.165) is 40.1 Å². The second kappa shape index (κ2) is 8.43. The van der Waals surface area contributed by atoms with E-state index in [2.05, 4.69) is 30.7 Å². The van der Waals surface area contributed by atoms with Crippen LogP contribution in [0.15, 0.2) is 67.4 Å². The maximum Gasteiger partial charge on any atom is 0.231 e. The fourth-order valence-electron chi connectivity index (χ4n) is 3.46. The molecule has 0 saturated heterocycles. The zero-order valence-corrected chi connectivity index (χ0v) is 17.2. The van der Waals surface area contributed by atoms with Crippen LogP contribution in [0.2, 0.25) is 0 Å². The molecule has 0 aliphatic rings. The highest BCUT2D eigenvalue weighted by molar-refractivity contribution is 5.75. The summed E-state index contributed by atoms with van der Waals surface area (Å²) in [6, 6.07) is 13.7. The topological polar surface area (TPSA) is 79.4 Å². The van der Waals surface area contributed by atoms with Crippen LogP contribution in [0, 0.1) is 6.92 Å². The molecule has 0 amide bonds. The van der Waals surface area contributed by atoms with Crippen molar-refractivity contribution in [1.29, 1.82) is 0 Å². The number of hydrogen-bond donors (Lipinski definition) is 0. The molecule has 0 spiro atoms. The third-order valence-electron chi connectivity index (χ3n) is 5.13. The SMILES string of the molecule is Cc1c(OCCCOc2ccc3nccn3n2)ccnc1Cn1cnc2ccccc21. The van der Waals surface area contributed by atoms with Crippen molar-refractivity contribution in [3.63, 3.8) is 0 Å². The molecule has 8 heteroatoms. The quantitative estimate of drug-likeness (QED) is 0.361. The number of rotatable bonds is 8. The average Bonchev–Trinajstić information content (AvgIpc) is 3.42. The maximum absolute atomic E-state index is 6.00. The van der Waals surface area contributed by atoms with Crippen LogP contribution in [-0.4, -0.2) is 42.3 Å². The first-order valence-electron chi connectivity index (χ1n) is 10.2. The Hall–Kier alpha value is -3.94. The molecule has 0 aliphatic carbocycles. The van der Waals surface area contributed by atoms with Crippen LogP contribution >= 0.6 is 0 Å². The Balaban J connectivity index is 1.17. The molecule has 0 saturated carbocycles. The average molecular weight is 414 g/mol. The summed E-state index contributed by atoms with van der Waals surface area (Å²) in [6.45, 7) is 3.75. The number of para-hydroxylation sites is 2. The van der Waals surface area contributed by atoms with Crippen molar-refractivity contribution in [2.45, 2.75) is 19.9 Å². The lowest BCUT2D eigenvalue weighted by molar-refractivity contribution is 0.239. The van der Waals surface area contributed by atoms with Crippen LogP contribution in [0.1, 0.15) is 17.7 Å². The molecule has 4 heterocycles. The van der Waals surface area contributed by atoms with Crippen LogP contribution in [0.5, 0.6) is 11.6 Å². The Morgan fingerprint density at radius 3 is 2.77 bits per heavy atom. The second-order valence-corrected chi connectivity index (χ2v) is 7.19. The van der Waals surface area contributed by atoms with Gasteiger partial charge in [0.05, 0.1) is 42.8 Å². The molecule has 8 nitrogen and oxygen atoms in total. The van der Waals surface area contributed by atoms with E-state index >= 15 is 0 Å². The molecule has 0 atom stereocenters. The Bertz CT molecular complexity index is 1330. The Morgan fingerprint density at radius 1 is 0.903 bits per heavy atom. The van der Waals surface area contributed by atoms with Gasteiger partial charge in [-0.3, -0.25) is 4.98 Å². The lowest BCUT2D eigenvalue weighted by atomic mass is 10.2. The van der Waals surface area contributed by atoms with E-state index in [9.17, 15) is 0 Å². The zero-order valence-electron chi connectivity index (χ0n) is 17.2. The number of fused-ring (bicyclic) bond motifs is 2. The van der Waals surface area contributed by atoms with Crippen LogP contribution in [0.25, 0.3) is 16.7 Å². The fourth-order valence-corrected chi connectivity index (χ4v) is 3.46. The molecule has 4 aromatic heterocycles. The van der Waals surface area contributed by atoms with Crippen LogP contribution in [0.4, 0.5) is 0 Å². The Morgan fingerprint density at radius 2 is 1.81 bits per heavy atom. The molecule has 156 valence electrons. The lowest BCUT2D eigenvalue weighted by Crippen LogP contribution is -2.09. The number of imidazole rings is 2. The minimum Gasteiger partial charge on any atom is -0.493 e. The standard InChI is InChI=1S/C23H22N6O2/c1-17-19(15-28-16-26-18-5-2-3-6-20(18)28)24-10-9-21(17)30-13-4-14-31-23-8-7-22-25-11-12-29(22)27-23/h2-3,5-12,16H,4,13-15H2,1H3. The lowest BCUT2D eigenvalue weighted by Gasteiger charge is -2.13. The van der Waals surface area contributed by atoms with Gasteiger partial charge in [0.15, 0.2) is 5.65 Å². The highest BCUT2D eigenvalue weighted by atomic mass is 16.5. The van der Waals surface area contributed by atoms with Crippen molar-refractivity contribution in [2.75, 3.05) is 13.2 Å². The minimum absolute atomic E-state index is 0.519. The number of nitrogens with zero attached hydrogens (tertiary/aromatic N) is 6. The van der Waals surface area contributed by atoms with Gasteiger partial charge in [0.25, 0.3) is 0 Å². The molecule has 0 bridgehead atoms. The first-order chi connectivity index (χ1) is 15.3. The van der Waals surface area contributed by atoms with Gasteiger partial charge in [-0.25, -0.2) is 14.5 Å². The summed E-state index contributed by atoms with van der Waals surface area (Å²) < 4.78 is 15.5. The van der Waals surface area contributed by atoms with E-state index < -0.39 is 0 Å². The van der Waals surface area contributed by atoms with E-state index in [1.807, 2.05) is 49.6 Å². The summed E-state index contributed by atoms with van der Waals surface area (Å²) in [5.74, 6) is 1.41. The second-order valence-electron chi connectivity index (χ2n) is 7.19. The monoisotopic (exact) mass is 414 g/mol. The Kier molecular flexibility index (Phi) is 5.18. The number of hydrogen-bond acceptors (Lipinski definition) is 6. The Labute approximate surface area is 179 Å². The van der Waals surface area contributed by atoms with Crippen molar-refractivity contribution >= 4 is 16.7 Å². The van der Waals surface area contributed by atoms with Crippen molar-refractivity contribution in [1.82, 2.24) is 29.1 Å². The predicted molar refractivity (Wildman–Crippen MR) is 116 cm³/mol. The molecule has 5 rings (SSSR count). The van der Waals surface area contributed by atoms with Gasteiger partial charge >= 0.3 is 0 Å². The third-order valence-corrected chi connectivity index (χ3v) is 5.13. The van der Waals surface area contributed by atoms with Gasteiger partial charge in [-0.2, -0.15) is 0 Å². The van der Waals surface area contributed by atoms with Gasteiger partial charge in [-0.1, -0.05) is 12.1 Å². The largest absolute Gasteiger partial charge is 0.493 e. The van der Waals surface area contributed by atoms with E-state index in [0.29, 0.717) is 25.6 Å². The molecule has 1 aromatic carbocycles. The van der Waals surface area contributed by atoms with E-state index in [1.54, 1.807) is 23.1 Å². The van der Waals surface area contributed by atoms with Gasteiger partial charge in [-0.15, -0.1) is 5.10 Å². The fraction of sp³-hybridized carbons (Fsp3) is 0.217. The van der Waals surface area contributed by atoms with E-state index in [4.69, 9.17) is 9.47 Å². The van der Waals surface area contributed by atoms with Crippen molar-refractivity contribution in [2.24, 2.45) is 0 Å². The highest BCUT2D eigenvalue weighted by Gasteiger charge is 2.10. The molecular formula is C23H22N6O2. The first-order valence-corrected chi connectivity index (χ1v) is 10.2. The van der Waals surface area contributed by atoms with E-state index in [-0.39, 0.29) is 0 Å². The van der Waals surface area contributed by atoms with Gasteiger partial charge in [0.2, 0.25) is 5.88 Å². The van der Waals surface area contributed by atoms with E-state index in [1.165, 1.54) is 0 Å². The summed E-state index contributed by atoms with van der Waals surface area (Å²) in [6.07, 6.45) is 7.89. The molecular weight excluding hydrogens is 392 g/mol. The summed E-state index contributed by atoms with van der Waals surface area (Å²) >= 11 is 0. The zero-order chi connectivity index (χ0) is 21.0. The molecule has 31 heavy (non-hydrogen) atoms. The minimum atomic E-state index is 0.519. The molecule has 0 aliphatic heterocycles. The number of benzene rings is 1. The normalized spacial score (nSPS) is 11.3. The first kappa shape index (κ1) is 19.0. The summed E-state index contributed by atoms with van der Waals surface area (Å²) in [5, 5.41) is 4.35. The smallest absolute Gasteiger partial charge is 0.231 e. The van der Waals surface area contributed by atoms with Crippen molar-refractivity contribution < 1.29 is 9.47 Å². The van der Waals surface area contributed by atoms with Crippen LogP contribution < -0.4 is 9.47 Å². The van der Waals surface area contributed by atoms with Gasteiger partial charge < -0.3 is 14.0 Å². The highest BCUT2D eigenvalue weighted by Crippen LogP contribution is 2.22. The van der Waals surface area contributed by atoms with Crippen LogP contribution in [-0.2, 0) is 6.54 Å². The predicted octanol–water partition coefficient (Wildman–Crippen LogP) is 3.68. The summed E-state index contributed by atoms with van der Waals surface area (Å²) in [4.78, 5) is 13.2. The maximum atomic E-state index is 6.00. The number of pyridine rings is 1. The summed E-state index contributed by atoms with van der Waals surface area (Å²) in [5.41, 5.74) is 4.87. The molecule has 0 fully saturated rings. The van der Waals surface area contributed by atoms with Crippen molar-refractivity contribution in [3.8, 4) is 11.6 Å².